The van der Waals surface area contributed by atoms with Gasteiger partial charge in [-0.2, -0.15) is 5.10 Å². The number of carbonyl (C=O) groups excluding carboxylic acids is 1. The molecule has 30 heavy (non-hydrogen) atoms. The van der Waals surface area contributed by atoms with Gasteiger partial charge in [-0.15, -0.1) is 0 Å². The van der Waals surface area contributed by atoms with Crippen LogP contribution in [0.3, 0.4) is 0 Å². The minimum atomic E-state index is -0.373. The summed E-state index contributed by atoms with van der Waals surface area (Å²) in [5.41, 5.74) is 4.95. The molecule has 0 heterocycles. The van der Waals surface area contributed by atoms with Gasteiger partial charge in [-0.25, -0.2) is 4.79 Å². The molecule has 0 radical (unpaired) electrons. The van der Waals surface area contributed by atoms with Gasteiger partial charge in [0.25, 0.3) is 0 Å². The zero-order valence-corrected chi connectivity index (χ0v) is 18.0. The molecule has 2 N–H and O–H groups in total. The predicted octanol–water partition coefficient (Wildman–Crippen LogP) is 2.51. The van der Waals surface area contributed by atoms with Crippen LogP contribution < -0.4 is 20.2 Å². The quantitative estimate of drug-likeness (QED) is 0.195. The van der Waals surface area contributed by atoms with Crippen molar-refractivity contribution in [3.8, 4) is 11.5 Å². The minimum Gasteiger partial charge on any atom is -0.493 e. The zero-order chi connectivity index (χ0) is 21.8. The maximum atomic E-state index is 11.5. The number of thiocarbonyl (C=S) groups is 1. The number of hydrogen-bond donors (Lipinski definition) is 2. The van der Waals surface area contributed by atoms with E-state index in [1.54, 1.807) is 38.6 Å². The maximum Gasteiger partial charge on any atom is 0.337 e. The molecule has 0 atom stereocenters. The Morgan fingerprint density at radius 2 is 1.87 bits per heavy atom. The number of hydrogen-bond acceptors (Lipinski definition) is 7. The molecule has 0 spiro atoms. The molecule has 2 rings (SSSR count). The predicted molar refractivity (Wildman–Crippen MR) is 118 cm³/mol. The van der Waals surface area contributed by atoms with E-state index in [9.17, 15) is 4.79 Å². The first-order valence-electron chi connectivity index (χ1n) is 9.11. The summed E-state index contributed by atoms with van der Waals surface area (Å²) >= 11 is 5.10. The maximum absolute atomic E-state index is 11.5. The van der Waals surface area contributed by atoms with E-state index in [0.29, 0.717) is 41.9 Å². The number of esters is 1. The minimum absolute atomic E-state index is 0.328. The first-order chi connectivity index (χ1) is 14.6. The molecule has 0 saturated carbocycles. The third kappa shape index (κ3) is 7.34. The Morgan fingerprint density at radius 1 is 1.10 bits per heavy atom. The van der Waals surface area contributed by atoms with E-state index in [1.165, 1.54) is 7.11 Å². The number of methoxy groups -OCH3 is 3. The van der Waals surface area contributed by atoms with E-state index in [1.807, 2.05) is 24.3 Å². The number of carbonyl (C=O) groups is 1. The van der Waals surface area contributed by atoms with Crippen LogP contribution >= 0.6 is 12.2 Å². The molecule has 0 fully saturated rings. The van der Waals surface area contributed by atoms with E-state index in [-0.39, 0.29) is 5.97 Å². The molecule has 9 heteroatoms. The average molecular weight is 432 g/mol. The number of hydrazone groups is 1. The highest BCUT2D eigenvalue weighted by molar-refractivity contribution is 7.80. The van der Waals surface area contributed by atoms with Crippen molar-refractivity contribution in [2.45, 2.75) is 6.61 Å². The molecule has 2 aromatic rings. The Morgan fingerprint density at radius 3 is 2.53 bits per heavy atom. The normalized spacial score (nSPS) is 10.5. The Hall–Kier alpha value is -3.17. The Labute approximate surface area is 181 Å². The van der Waals surface area contributed by atoms with Gasteiger partial charge in [-0.05, 0) is 53.7 Å². The Balaban J connectivity index is 1.92. The summed E-state index contributed by atoms with van der Waals surface area (Å²) in [6.07, 6.45) is 1.63. The number of ether oxygens (including phenoxy) is 4. The molecular formula is C21H25N3O5S. The van der Waals surface area contributed by atoms with Crippen LogP contribution in [0.25, 0.3) is 0 Å². The van der Waals surface area contributed by atoms with Crippen LogP contribution in [0.15, 0.2) is 47.6 Å². The largest absolute Gasteiger partial charge is 0.493 e. The van der Waals surface area contributed by atoms with Crippen molar-refractivity contribution >= 4 is 29.5 Å². The molecule has 0 aliphatic heterocycles. The summed E-state index contributed by atoms with van der Waals surface area (Å²) in [6.45, 7) is 1.48. The van der Waals surface area contributed by atoms with Crippen molar-refractivity contribution in [1.29, 1.82) is 0 Å². The van der Waals surface area contributed by atoms with E-state index in [2.05, 4.69) is 15.8 Å². The van der Waals surface area contributed by atoms with Crippen molar-refractivity contribution in [1.82, 2.24) is 10.7 Å². The lowest BCUT2D eigenvalue weighted by molar-refractivity contribution is 0.0600. The third-order valence-electron chi connectivity index (χ3n) is 3.93. The van der Waals surface area contributed by atoms with E-state index in [0.717, 1.165) is 11.1 Å². The fraction of sp³-hybridized carbons (Fsp3) is 0.286. The topological polar surface area (TPSA) is 90.4 Å². The lowest BCUT2D eigenvalue weighted by Crippen LogP contribution is -2.34. The van der Waals surface area contributed by atoms with Gasteiger partial charge in [-0.1, -0.05) is 12.1 Å². The second kappa shape index (κ2) is 12.4. The lowest BCUT2D eigenvalue weighted by Gasteiger charge is -2.11. The molecule has 0 aliphatic carbocycles. The standard InChI is InChI=1S/C21H25N3O5S/c1-26-11-10-22-21(30)24-23-13-16-6-9-18(19(12-16)27-2)29-14-15-4-7-17(8-5-15)20(25)28-3/h4-9,12-13H,10-11,14H2,1-3H3,(H2,22,24,30)/b23-13-. The summed E-state index contributed by atoms with van der Waals surface area (Å²) in [4.78, 5) is 11.5. The van der Waals surface area contributed by atoms with E-state index < -0.39 is 0 Å². The molecule has 2 aromatic carbocycles. The smallest absolute Gasteiger partial charge is 0.337 e. The zero-order valence-electron chi connectivity index (χ0n) is 17.1. The van der Waals surface area contributed by atoms with Gasteiger partial charge in [0.1, 0.15) is 6.61 Å². The third-order valence-corrected chi connectivity index (χ3v) is 4.16. The molecule has 0 aromatic heterocycles. The van der Waals surface area contributed by atoms with Crippen LogP contribution in [0.1, 0.15) is 21.5 Å². The number of nitrogens with one attached hydrogen (secondary N) is 2. The van der Waals surface area contributed by atoms with Crippen LogP contribution in [-0.2, 0) is 16.1 Å². The summed E-state index contributed by atoms with van der Waals surface area (Å²) in [7, 11) is 4.55. The lowest BCUT2D eigenvalue weighted by atomic mass is 10.1. The van der Waals surface area contributed by atoms with Crippen molar-refractivity contribution < 1.29 is 23.7 Å². The second-order valence-corrected chi connectivity index (χ2v) is 6.41. The van der Waals surface area contributed by atoms with Crippen LogP contribution in [0.5, 0.6) is 11.5 Å². The molecule has 0 bridgehead atoms. The SMILES string of the molecule is COCCNC(=S)N/N=C\c1ccc(OCc2ccc(C(=O)OC)cc2)c(OC)c1. The van der Waals surface area contributed by atoms with Gasteiger partial charge in [0.2, 0.25) is 0 Å². The van der Waals surface area contributed by atoms with Gasteiger partial charge < -0.3 is 24.3 Å². The summed E-state index contributed by atoms with van der Waals surface area (Å²) < 4.78 is 20.9. The van der Waals surface area contributed by atoms with Gasteiger partial charge in [0.05, 0.1) is 32.6 Å². The van der Waals surface area contributed by atoms with Crippen molar-refractivity contribution in [3.63, 3.8) is 0 Å². The van der Waals surface area contributed by atoms with Crippen LogP contribution in [0.2, 0.25) is 0 Å². The molecule has 0 amide bonds. The van der Waals surface area contributed by atoms with E-state index in [4.69, 9.17) is 31.2 Å². The van der Waals surface area contributed by atoms with Crippen LogP contribution in [0, 0.1) is 0 Å². The molecule has 0 saturated heterocycles. The summed E-state index contributed by atoms with van der Waals surface area (Å²) in [5.74, 6) is 0.796. The molecule has 0 aliphatic rings. The molecule has 160 valence electrons. The van der Waals surface area contributed by atoms with Crippen LogP contribution in [0.4, 0.5) is 0 Å². The molecule has 0 unspecified atom stereocenters. The van der Waals surface area contributed by atoms with Crippen LogP contribution in [-0.4, -0.2) is 51.8 Å². The first-order valence-corrected chi connectivity index (χ1v) is 9.52. The number of benzene rings is 2. The van der Waals surface area contributed by atoms with Crippen molar-refractivity contribution in [3.05, 3.63) is 59.2 Å². The highest BCUT2D eigenvalue weighted by atomic mass is 32.1. The van der Waals surface area contributed by atoms with Crippen molar-refractivity contribution in [2.24, 2.45) is 5.10 Å². The Kier molecular flexibility index (Phi) is 9.56. The van der Waals surface area contributed by atoms with Gasteiger partial charge in [0, 0.05) is 13.7 Å². The molecular weight excluding hydrogens is 406 g/mol. The summed E-state index contributed by atoms with van der Waals surface area (Å²) in [5, 5.41) is 7.46. The fourth-order valence-corrected chi connectivity index (χ4v) is 2.53. The first kappa shape index (κ1) is 23.1. The van der Waals surface area contributed by atoms with Gasteiger partial charge in [0.15, 0.2) is 16.6 Å². The van der Waals surface area contributed by atoms with E-state index >= 15 is 0 Å². The van der Waals surface area contributed by atoms with Gasteiger partial charge in [-0.3, -0.25) is 5.43 Å². The highest BCUT2D eigenvalue weighted by Gasteiger charge is 2.07. The van der Waals surface area contributed by atoms with Crippen molar-refractivity contribution in [2.75, 3.05) is 34.5 Å². The molecule has 8 nitrogen and oxygen atoms in total. The average Bonchev–Trinajstić information content (AvgIpc) is 2.78. The fourth-order valence-electron chi connectivity index (χ4n) is 2.37. The second-order valence-electron chi connectivity index (χ2n) is 6.01. The monoisotopic (exact) mass is 431 g/mol. The number of rotatable bonds is 10. The highest BCUT2D eigenvalue weighted by Crippen LogP contribution is 2.28. The van der Waals surface area contributed by atoms with Gasteiger partial charge >= 0.3 is 5.97 Å². The number of nitrogens with zero attached hydrogens (tertiary/aromatic N) is 1. The summed E-state index contributed by atoms with van der Waals surface area (Å²) in [6, 6.07) is 12.5. The Bertz CT molecular complexity index is 871.